The first-order valence-electron chi connectivity index (χ1n) is 8.24. The highest BCUT2D eigenvalue weighted by Crippen LogP contribution is 2.24. The lowest BCUT2D eigenvalue weighted by atomic mass is 10.2. The van der Waals surface area contributed by atoms with Crippen LogP contribution in [-0.4, -0.2) is 18.4 Å². The molecule has 2 aromatic carbocycles. The van der Waals surface area contributed by atoms with E-state index in [1.54, 1.807) is 35.7 Å². The maximum atomic E-state index is 12.0. The van der Waals surface area contributed by atoms with Crippen LogP contribution in [0.1, 0.15) is 16.8 Å². The van der Waals surface area contributed by atoms with Gasteiger partial charge in [-0.15, -0.1) is 0 Å². The van der Waals surface area contributed by atoms with E-state index in [0.717, 1.165) is 10.2 Å². The Labute approximate surface area is 169 Å². The number of ether oxygens (including phenoxy) is 1. The molecule has 0 spiro atoms. The number of benzene rings is 2. The molecule has 3 aromatic rings. The molecule has 138 valence electrons. The summed E-state index contributed by atoms with van der Waals surface area (Å²) in [6.07, 6.45) is 0.201. The Balaban J connectivity index is 1.44. The van der Waals surface area contributed by atoms with E-state index in [9.17, 15) is 9.59 Å². The minimum absolute atomic E-state index is 0.165. The number of hydrogen-bond donors (Lipinski definition) is 2. The highest BCUT2D eigenvalue weighted by molar-refractivity contribution is 9.10. The predicted octanol–water partition coefficient (Wildman–Crippen LogP) is 5.06. The van der Waals surface area contributed by atoms with Crippen LogP contribution in [0.3, 0.4) is 0 Å². The van der Waals surface area contributed by atoms with Gasteiger partial charge in [0.15, 0.2) is 0 Å². The summed E-state index contributed by atoms with van der Waals surface area (Å²) in [5.41, 5.74) is 1.29. The molecule has 3 rings (SSSR count). The Morgan fingerprint density at radius 3 is 2.26 bits per heavy atom. The van der Waals surface area contributed by atoms with Gasteiger partial charge in [0.2, 0.25) is 5.91 Å². The Hall–Kier alpha value is -2.64. The van der Waals surface area contributed by atoms with Crippen molar-refractivity contribution in [2.24, 2.45) is 0 Å². The molecule has 2 amide bonds. The van der Waals surface area contributed by atoms with Crippen molar-refractivity contribution >= 4 is 44.8 Å². The molecule has 7 heteroatoms. The van der Waals surface area contributed by atoms with Crippen LogP contribution < -0.4 is 15.4 Å². The predicted molar refractivity (Wildman–Crippen MR) is 111 cm³/mol. The van der Waals surface area contributed by atoms with Crippen molar-refractivity contribution in [3.8, 4) is 11.5 Å². The van der Waals surface area contributed by atoms with Gasteiger partial charge in [0.1, 0.15) is 11.5 Å². The van der Waals surface area contributed by atoms with Gasteiger partial charge in [-0.25, -0.2) is 0 Å². The molecule has 2 N–H and O–H groups in total. The fraction of sp³-hybridized carbons (Fsp3) is 0.100. The van der Waals surface area contributed by atoms with E-state index in [4.69, 9.17) is 4.74 Å². The fourth-order valence-corrected chi connectivity index (χ4v) is 3.15. The van der Waals surface area contributed by atoms with Crippen molar-refractivity contribution in [3.05, 3.63) is 75.4 Å². The fourth-order valence-electron chi connectivity index (χ4n) is 2.25. The maximum Gasteiger partial charge on any atom is 0.252 e. The molecule has 0 aliphatic heterocycles. The average Bonchev–Trinajstić information content (AvgIpc) is 3.20. The largest absolute Gasteiger partial charge is 0.457 e. The van der Waals surface area contributed by atoms with E-state index in [1.807, 2.05) is 29.6 Å². The third-order valence-electron chi connectivity index (χ3n) is 3.61. The molecule has 0 bridgehead atoms. The Morgan fingerprint density at radius 2 is 1.63 bits per heavy atom. The van der Waals surface area contributed by atoms with Crippen LogP contribution in [-0.2, 0) is 4.79 Å². The van der Waals surface area contributed by atoms with E-state index in [2.05, 4.69) is 26.6 Å². The summed E-state index contributed by atoms with van der Waals surface area (Å²) >= 11 is 4.84. The van der Waals surface area contributed by atoms with E-state index >= 15 is 0 Å². The highest BCUT2D eigenvalue weighted by Gasteiger charge is 2.07. The highest BCUT2D eigenvalue weighted by atomic mass is 79.9. The zero-order valence-corrected chi connectivity index (χ0v) is 16.7. The van der Waals surface area contributed by atoms with E-state index < -0.39 is 0 Å². The lowest BCUT2D eigenvalue weighted by molar-refractivity contribution is -0.116. The number of carbonyl (C=O) groups excluding carboxylic acids is 2. The zero-order valence-electron chi connectivity index (χ0n) is 14.3. The van der Waals surface area contributed by atoms with Crippen molar-refractivity contribution in [2.45, 2.75) is 6.42 Å². The molecule has 0 unspecified atom stereocenters. The van der Waals surface area contributed by atoms with Gasteiger partial charge in [0.25, 0.3) is 5.91 Å². The van der Waals surface area contributed by atoms with Gasteiger partial charge in [-0.2, -0.15) is 11.3 Å². The molecule has 0 saturated carbocycles. The third-order valence-corrected chi connectivity index (χ3v) is 4.82. The summed E-state index contributed by atoms with van der Waals surface area (Å²) in [5.74, 6) is 1.08. The maximum absolute atomic E-state index is 12.0. The molecule has 0 aliphatic carbocycles. The number of rotatable bonds is 7. The van der Waals surface area contributed by atoms with Crippen LogP contribution in [0, 0.1) is 0 Å². The first-order valence-corrected chi connectivity index (χ1v) is 9.97. The van der Waals surface area contributed by atoms with Crippen molar-refractivity contribution in [3.63, 3.8) is 0 Å². The summed E-state index contributed by atoms with van der Waals surface area (Å²) < 4.78 is 6.73. The molecule has 27 heavy (non-hydrogen) atoms. The molecule has 0 atom stereocenters. The minimum Gasteiger partial charge on any atom is -0.457 e. The summed E-state index contributed by atoms with van der Waals surface area (Å²) in [7, 11) is 0. The van der Waals surface area contributed by atoms with Crippen LogP contribution in [0.5, 0.6) is 11.5 Å². The Kier molecular flexibility index (Phi) is 6.62. The number of hydrogen-bond acceptors (Lipinski definition) is 4. The Morgan fingerprint density at radius 1 is 0.963 bits per heavy atom. The standard InChI is InChI=1S/C20H17BrN2O3S/c21-15-1-5-17(6-2-15)26-18-7-3-16(4-8-18)23-19(24)9-11-22-20(25)14-10-12-27-13-14/h1-8,10,12-13H,9,11H2,(H,22,25)(H,23,24). The van der Waals surface area contributed by atoms with E-state index in [-0.39, 0.29) is 24.8 Å². The van der Waals surface area contributed by atoms with Gasteiger partial charge in [0, 0.05) is 34.1 Å². The van der Waals surface area contributed by atoms with Gasteiger partial charge in [0.05, 0.1) is 0 Å². The topological polar surface area (TPSA) is 67.4 Å². The zero-order chi connectivity index (χ0) is 19.1. The van der Waals surface area contributed by atoms with Crippen molar-refractivity contribution < 1.29 is 14.3 Å². The van der Waals surface area contributed by atoms with Gasteiger partial charge >= 0.3 is 0 Å². The van der Waals surface area contributed by atoms with Crippen LogP contribution >= 0.6 is 27.3 Å². The lowest BCUT2D eigenvalue weighted by Gasteiger charge is -2.09. The first-order chi connectivity index (χ1) is 13.1. The minimum atomic E-state index is -0.168. The molecular formula is C20H17BrN2O3S. The number of thiophene rings is 1. The SMILES string of the molecule is O=C(CCNC(=O)c1ccsc1)Nc1ccc(Oc2ccc(Br)cc2)cc1. The van der Waals surface area contributed by atoms with Gasteiger partial charge in [-0.1, -0.05) is 15.9 Å². The molecule has 0 saturated heterocycles. The molecule has 1 heterocycles. The smallest absolute Gasteiger partial charge is 0.252 e. The number of amides is 2. The normalized spacial score (nSPS) is 10.3. The third kappa shape index (κ3) is 5.94. The number of halogens is 1. The second-order valence-corrected chi connectivity index (χ2v) is 7.34. The second kappa shape index (κ2) is 9.34. The van der Waals surface area contributed by atoms with Gasteiger partial charge in [-0.05, 0) is 60.0 Å². The van der Waals surface area contributed by atoms with E-state index in [0.29, 0.717) is 17.0 Å². The Bertz CT molecular complexity index is 894. The molecule has 0 fully saturated rings. The van der Waals surface area contributed by atoms with Crippen LogP contribution in [0.25, 0.3) is 0 Å². The number of anilines is 1. The van der Waals surface area contributed by atoms with Crippen LogP contribution in [0.15, 0.2) is 69.8 Å². The average molecular weight is 445 g/mol. The molecule has 0 aliphatic rings. The molecule has 0 radical (unpaired) electrons. The summed E-state index contributed by atoms with van der Waals surface area (Å²) in [5, 5.41) is 9.13. The number of nitrogens with one attached hydrogen (secondary N) is 2. The van der Waals surface area contributed by atoms with E-state index in [1.165, 1.54) is 11.3 Å². The summed E-state index contributed by atoms with van der Waals surface area (Å²) in [6.45, 7) is 0.283. The van der Waals surface area contributed by atoms with Crippen LogP contribution in [0.4, 0.5) is 5.69 Å². The summed E-state index contributed by atoms with van der Waals surface area (Å²) in [4.78, 5) is 23.8. The molecule has 5 nitrogen and oxygen atoms in total. The molecule has 1 aromatic heterocycles. The van der Waals surface area contributed by atoms with Crippen LogP contribution in [0.2, 0.25) is 0 Å². The molecular weight excluding hydrogens is 428 g/mol. The van der Waals surface area contributed by atoms with Crippen molar-refractivity contribution in [1.82, 2.24) is 5.32 Å². The van der Waals surface area contributed by atoms with Gasteiger partial charge in [-0.3, -0.25) is 9.59 Å². The quantitative estimate of drug-likeness (QED) is 0.534. The lowest BCUT2D eigenvalue weighted by Crippen LogP contribution is -2.27. The second-order valence-electron chi connectivity index (χ2n) is 5.65. The van der Waals surface area contributed by atoms with Crippen molar-refractivity contribution in [1.29, 1.82) is 0 Å². The van der Waals surface area contributed by atoms with Gasteiger partial charge < -0.3 is 15.4 Å². The van der Waals surface area contributed by atoms with Crippen molar-refractivity contribution in [2.75, 3.05) is 11.9 Å². The monoisotopic (exact) mass is 444 g/mol. The first kappa shape index (κ1) is 19.1. The summed E-state index contributed by atoms with van der Waals surface area (Å²) in [6, 6.07) is 16.4. The number of carbonyl (C=O) groups is 2.